The Morgan fingerprint density at radius 3 is 2.53 bits per heavy atom. The molecule has 36 heavy (non-hydrogen) atoms. The standard InChI is InChI=1S/C26H30ClN7O2/c1-26(2,3)34-24(29-30-31-34)23(21-15-17-14-20(36-4)8-9-22(17)28-25(21)35)33-12-10-32(11-13-33)19-7-5-6-18(27)16-19/h5-9,14-16,23H,10-13H2,1-4H3,(H,28,35)/t23-/m0/s1. The van der Waals surface area contributed by atoms with Crippen LogP contribution in [0.25, 0.3) is 10.9 Å². The first-order valence-electron chi connectivity index (χ1n) is 12.0. The Morgan fingerprint density at radius 2 is 1.83 bits per heavy atom. The first kappa shape index (κ1) is 24.3. The quantitative estimate of drug-likeness (QED) is 0.438. The number of hydrogen-bond acceptors (Lipinski definition) is 7. The molecule has 3 heterocycles. The summed E-state index contributed by atoms with van der Waals surface area (Å²) in [6.45, 7) is 9.18. The molecule has 1 aliphatic rings. The van der Waals surface area contributed by atoms with Crippen molar-refractivity contribution in [2.75, 3.05) is 38.2 Å². The summed E-state index contributed by atoms with van der Waals surface area (Å²) in [5.41, 5.74) is 1.94. The highest BCUT2D eigenvalue weighted by atomic mass is 35.5. The molecule has 0 saturated carbocycles. The van der Waals surface area contributed by atoms with Crippen LogP contribution >= 0.6 is 11.6 Å². The first-order valence-corrected chi connectivity index (χ1v) is 12.4. The van der Waals surface area contributed by atoms with Gasteiger partial charge in [-0.15, -0.1) is 5.10 Å². The molecule has 2 aromatic carbocycles. The third kappa shape index (κ3) is 4.68. The average molecular weight is 508 g/mol. The van der Waals surface area contributed by atoms with Crippen LogP contribution in [0.3, 0.4) is 0 Å². The monoisotopic (exact) mass is 507 g/mol. The number of halogens is 1. The fourth-order valence-electron chi connectivity index (χ4n) is 4.78. The third-order valence-corrected chi connectivity index (χ3v) is 6.84. The number of aromatic amines is 1. The van der Waals surface area contributed by atoms with E-state index in [0.29, 0.717) is 11.4 Å². The summed E-state index contributed by atoms with van der Waals surface area (Å²) >= 11 is 6.23. The van der Waals surface area contributed by atoms with Gasteiger partial charge < -0.3 is 14.6 Å². The zero-order valence-electron chi connectivity index (χ0n) is 20.9. The van der Waals surface area contributed by atoms with E-state index in [4.69, 9.17) is 16.3 Å². The highest BCUT2D eigenvalue weighted by Crippen LogP contribution is 2.31. The van der Waals surface area contributed by atoms with E-state index in [0.717, 1.165) is 53.5 Å². The number of nitrogens with one attached hydrogen (secondary N) is 1. The fraction of sp³-hybridized carbons (Fsp3) is 0.385. The third-order valence-electron chi connectivity index (χ3n) is 6.60. The van der Waals surface area contributed by atoms with E-state index >= 15 is 0 Å². The van der Waals surface area contributed by atoms with Crippen LogP contribution in [0.2, 0.25) is 5.02 Å². The van der Waals surface area contributed by atoms with Crippen molar-refractivity contribution < 1.29 is 4.74 Å². The Bertz CT molecular complexity index is 1430. The summed E-state index contributed by atoms with van der Waals surface area (Å²) in [6.07, 6.45) is 0. The number of fused-ring (bicyclic) bond motifs is 1. The lowest BCUT2D eigenvalue weighted by molar-refractivity contribution is 0.190. The van der Waals surface area contributed by atoms with Gasteiger partial charge in [0, 0.05) is 53.4 Å². The van der Waals surface area contributed by atoms with Crippen molar-refractivity contribution >= 4 is 28.2 Å². The van der Waals surface area contributed by atoms with Gasteiger partial charge in [0.2, 0.25) is 0 Å². The number of rotatable bonds is 5. The molecule has 4 aromatic rings. The molecule has 1 atom stereocenters. The number of benzene rings is 2. The smallest absolute Gasteiger partial charge is 0.253 e. The number of ether oxygens (including phenoxy) is 1. The van der Waals surface area contributed by atoms with Crippen LogP contribution in [0.5, 0.6) is 5.75 Å². The second-order valence-electron chi connectivity index (χ2n) is 10.0. The summed E-state index contributed by atoms with van der Waals surface area (Å²) in [6, 6.07) is 15.0. The molecule has 0 spiro atoms. The van der Waals surface area contributed by atoms with Crippen LogP contribution in [0, 0.1) is 0 Å². The minimum absolute atomic E-state index is 0.154. The number of anilines is 1. The summed E-state index contributed by atoms with van der Waals surface area (Å²) in [5, 5.41) is 14.3. The number of aromatic nitrogens is 5. The predicted octanol–water partition coefficient (Wildman–Crippen LogP) is 3.84. The average Bonchev–Trinajstić information content (AvgIpc) is 3.35. The van der Waals surface area contributed by atoms with Gasteiger partial charge in [-0.1, -0.05) is 17.7 Å². The van der Waals surface area contributed by atoms with Crippen LogP contribution in [0.4, 0.5) is 5.69 Å². The number of hydrogen-bond donors (Lipinski definition) is 1. The number of methoxy groups -OCH3 is 1. The van der Waals surface area contributed by atoms with Crippen LogP contribution in [-0.4, -0.2) is 63.4 Å². The molecule has 5 rings (SSSR count). The summed E-state index contributed by atoms with van der Waals surface area (Å²) in [4.78, 5) is 21.1. The number of piperazine rings is 1. The number of tetrazole rings is 1. The van der Waals surface area contributed by atoms with E-state index < -0.39 is 6.04 Å². The maximum atomic E-state index is 13.4. The Kier molecular flexibility index (Phi) is 6.44. The zero-order chi connectivity index (χ0) is 25.4. The van der Waals surface area contributed by atoms with Crippen LogP contribution in [0.15, 0.2) is 53.3 Å². The topological polar surface area (TPSA) is 92.2 Å². The van der Waals surface area contributed by atoms with Gasteiger partial charge in [-0.25, -0.2) is 4.68 Å². The molecule has 1 saturated heterocycles. The van der Waals surface area contributed by atoms with E-state index in [1.807, 2.05) is 47.1 Å². The molecule has 0 unspecified atom stereocenters. The van der Waals surface area contributed by atoms with Gasteiger partial charge in [-0.05, 0) is 73.7 Å². The van der Waals surface area contributed by atoms with Crippen LogP contribution in [-0.2, 0) is 5.54 Å². The van der Waals surface area contributed by atoms with Crippen molar-refractivity contribution in [3.63, 3.8) is 0 Å². The molecule has 0 bridgehead atoms. The molecule has 0 aliphatic carbocycles. The second-order valence-corrected chi connectivity index (χ2v) is 10.5. The minimum Gasteiger partial charge on any atom is -0.497 e. The van der Waals surface area contributed by atoms with Gasteiger partial charge >= 0.3 is 0 Å². The van der Waals surface area contributed by atoms with Crippen LogP contribution in [0.1, 0.15) is 38.2 Å². The molecule has 188 valence electrons. The molecule has 0 radical (unpaired) electrons. The molecule has 1 fully saturated rings. The second kappa shape index (κ2) is 9.55. The van der Waals surface area contributed by atoms with Crippen molar-refractivity contribution in [1.29, 1.82) is 0 Å². The van der Waals surface area contributed by atoms with Gasteiger partial charge in [0.05, 0.1) is 12.6 Å². The van der Waals surface area contributed by atoms with E-state index in [1.54, 1.807) is 7.11 Å². The Labute approximate surface area is 214 Å². The molecular weight excluding hydrogens is 478 g/mol. The lowest BCUT2D eigenvalue weighted by atomic mass is 10.0. The SMILES string of the molecule is COc1ccc2[nH]c(=O)c([C@@H](c3nnnn3C(C)(C)C)N3CCN(c4cccc(Cl)c4)CC3)cc2c1. The van der Waals surface area contributed by atoms with E-state index in [2.05, 4.69) is 57.1 Å². The van der Waals surface area contributed by atoms with Gasteiger partial charge in [0.25, 0.3) is 5.56 Å². The van der Waals surface area contributed by atoms with Crippen molar-refractivity contribution in [3.05, 3.63) is 75.3 Å². The highest BCUT2D eigenvalue weighted by Gasteiger charge is 2.35. The van der Waals surface area contributed by atoms with E-state index in [9.17, 15) is 4.79 Å². The molecular formula is C26H30ClN7O2. The van der Waals surface area contributed by atoms with Crippen molar-refractivity contribution in [2.24, 2.45) is 0 Å². The molecule has 0 amide bonds. The van der Waals surface area contributed by atoms with E-state index in [1.165, 1.54) is 0 Å². The predicted molar refractivity (Wildman–Crippen MR) is 141 cm³/mol. The zero-order valence-corrected chi connectivity index (χ0v) is 21.7. The minimum atomic E-state index is -0.417. The lowest BCUT2D eigenvalue weighted by Gasteiger charge is -2.40. The highest BCUT2D eigenvalue weighted by molar-refractivity contribution is 6.30. The molecule has 1 aliphatic heterocycles. The summed E-state index contributed by atoms with van der Waals surface area (Å²) < 4.78 is 7.23. The maximum Gasteiger partial charge on any atom is 0.253 e. The maximum absolute atomic E-state index is 13.4. The van der Waals surface area contributed by atoms with Gasteiger partial charge in [-0.2, -0.15) is 0 Å². The van der Waals surface area contributed by atoms with Gasteiger partial charge in [0.1, 0.15) is 11.8 Å². The van der Waals surface area contributed by atoms with E-state index in [-0.39, 0.29) is 11.1 Å². The molecule has 9 nitrogen and oxygen atoms in total. The molecule has 2 aromatic heterocycles. The van der Waals surface area contributed by atoms with Gasteiger partial charge in [0.15, 0.2) is 5.82 Å². The molecule has 10 heteroatoms. The van der Waals surface area contributed by atoms with Crippen LogP contribution < -0.4 is 15.2 Å². The summed E-state index contributed by atoms with van der Waals surface area (Å²) in [5.74, 6) is 1.37. The van der Waals surface area contributed by atoms with Crippen molar-refractivity contribution in [3.8, 4) is 5.75 Å². The summed E-state index contributed by atoms with van der Waals surface area (Å²) in [7, 11) is 1.63. The lowest BCUT2D eigenvalue weighted by Crippen LogP contribution is -2.49. The Hall–Kier alpha value is -3.43. The van der Waals surface area contributed by atoms with Crippen molar-refractivity contribution in [1.82, 2.24) is 30.1 Å². The van der Waals surface area contributed by atoms with Gasteiger partial charge in [-0.3, -0.25) is 9.69 Å². The fourth-order valence-corrected chi connectivity index (χ4v) is 4.97. The number of H-pyrrole nitrogens is 1. The number of pyridine rings is 1. The largest absolute Gasteiger partial charge is 0.497 e. The molecule has 1 N–H and O–H groups in total. The number of nitrogens with zero attached hydrogens (tertiary/aromatic N) is 6. The normalized spacial score (nSPS) is 15.9. The Morgan fingerprint density at radius 1 is 1.06 bits per heavy atom. The Balaban J connectivity index is 1.56. The van der Waals surface area contributed by atoms with Crippen molar-refractivity contribution in [2.45, 2.75) is 32.4 Å². The first-order chi connectivity index (χ1) is 17.2.